The number of thiophene rings is 1. The van der Waals surface area contributed by atoms with Gasteiger partial charge in [0.25, 0.3) is 0 Å². The van der Waals surface area contributed by atoms with E-state index in [-0.39, 0.29) is 18.3 Å². The maximum absolute atomic E-state index is 11.7. The van der Waals surface area contributed by atoms with Gasteiger partial charge in [0.05, 0.1) is 17.8 Å². The highest BCUT2D eigenvalue weighted by Gasteiger charge is 2.19. The number of nitrogens with zero attached hydrogens (tertiary/aromatic N) is 3. The molecule has 0 saturated carbocycles. The van der Waals surface area contributed by atoms with Gasteiger partial charge < -0.3 is 9.84 Å². The summed E-state index contributed by atoms with van der Waals surface area (Å²) in [6.07, 6.45) is 1.67. The molecule has 0 radical (unpaired) electrons. The number of carbonyl (C=O) groups excluding carboxylic acids is 1. The van der Waals surface area contributed by atoms with Crippen LogP contribution in [0.25, 0.3) is 21.5 Å². The van der Waals surface area contributed by atoms with Gasteiger partial charge in [0.1, 0.15) is 4.70 Å². The molecular weight excluding hydrogens is 290 g/mol. The van der Waals surface area contributed by atoms with Gasteiger partial charge in [-0.2, -0.15) is 4.98 Å². The van der Waals surface area contributed by atoms with Crippen LogP contribution >= 0.6 is 11.3 Å². The minimum atomic E-state index is -0.659. The number of hydrogen-bond acceptors (Lipinski definition) is 7. The van der Waals surface area contributed by atoms with Crippen LogP contribution in [0.2, 0.25) is 0 Å². The van der Waals surface area contributed by atoms with Crippen LogP contribution in [0.4, 0.5) is 0 Å². The van der Waals surface area contributed by atoms with Gasteiger partial charge in [0.15, 0.2) is 0 Å². The van der Waals surface area contributed by atoms with Gasteiger partial charge >= 0.3 is 5.97 Å². The van der Waals surface area contributed by atoms with Crippen LogP contribution in [-0.4, -0.2) is 32.6 Å². The molecule has 0 bridgehead atoms. The molecule has 0 spiro atoms. The molecular formula is C14H11N3O3S. The fraction of sp³-hybridized carbons (Fsp3) is 0.143. The second kappa shape index (κ2) is 5.45. The average molecular weight is 301 g/mol. The fourth-order valence-corrected chi connectivity index (χ4v) is 2.78. The minimum Gasteiger partial charge on any atom is -0.492 e. The van der Waals surface area contributed by atoms with Gasteiger partial charge in [-0.3, -0.25) is 4.98 Å². The molecule has 0 amide bonds. The highest BCUT2D eigenvalue weighted by Crippen LogP contribution is 2.35. The molecule has 1 N–H and O–H groups in total. The van der Waals surface area contributed by atoms with E-state index in [1.54, 1.807) is 13.1 Å². The van der Waals surface area contributed by atoms with E-state index < -0.39 is 5.97 Å². The van der Waals surface area contributed by atoms with Crippen LogP contribution in [0.3, 0.4) is 0 Å². The van der Waals surface area contributed by atoms with Crippen molar-refractivity contribution in [3.05, 3.63) is 35.6 Å². The summed E-state index contributed by atoms with van der Waals surface area (Å²) in [7, 11) is 0. The van der Waals surface area contributed by atoms with E-state index >= 15 is 0 Å². The third-order valence-corrected chi connectivity index (χ3v) is 3.76. The number of pyridine rings is 1. The van der Waals surface area contributed by atoms with Gasteiger partial charge in [-0.1, -0.05) is 6.07 Å². The highest BCUT2D eigenvalue weighted by molar-refractivity contribution is 7.18. The number of esters is 1. The van der Waals surface area contributed by atoms with E-state index in [9.17, 15) is 9.90 Å². The first-order valence-corrected chi connectivity index (χ1v) is 7.15. The lowest BCUT2D eigenvalue weighted by molar-refractivity contribution is 0.0511. The van der Waals surface area contributed by atoms with E-state index in [2.05, 4.69) is 15.0 Å². The van der Waals surface area contributed by atoms with E-state index in [4.69, 9.17) is 4.74 Å². The summed E-state index contributed by atoms with van der Waals surface area (Å²) in [5, 5.41) is 11.8. The van der Waals surface area contributed by atoms with E-state index in [0.29, 0.717) is 10.2 Å². The van der Waals surface area contributed by atoms with Crippen molar-refractivity contribution in [3.8, 4) is 17.1 Å². The van der Waals surface area contributed by atoms with Gasteiger partial charge in [0.2, 0.25) is 11.7 Å². The van der Waals surface area contributed by atoms with Gasteiger partial charge in [-0.15, -0.1) is 11.3 Å². The maximum Gasteiger partial charge on any atom is 0.376 e. The predicted octanol–water partition coefficient (Wildman–Crippen LogP) is 2.64. The normalized spacial score (nSPS) is 10.7. The quantitative estimate of drug-likeness (QED) is 0.748. The van der Waals surface area contributed by atoms with Crippen molar-refractivity contribution in [2.45, 2.75) is 6.92 Å². The first-order chi connectivity index (χ1) is 10.2. The number of fused-ring (bicyclic) bond motifs is 1. The second-order valence-corrected chi connectivity index (χ2v) is 5.01. The minimum absolute atomic E-state index is 0.155. The third-order valence-electron chi connectivity index (χ3n) is 2.80. The van der Waals surface area contributed by atoms with Crippen molar-refractivity contribution >= 4 is 27.5 Å². The molecule has 3 aromatic rings. The smallest absolute Gasteiger partial charge is 0.376 e. The predicted molar refractivity (Wildman–Crippen MR) is 78.3 cm³/mol. The first kappa shape index (κ1) is 13.4. The Labute approximate surface area is 124 Å². The molecule has 3 heterocycles. The Bertz CT molecular complexity index is 802. The molecule has 0 aliphatic heterocycles. The summed E-state index contributed by atoms with van der Waals surface area (Å²) < 4.78 is 5.38. The van der Waals surface area contributed by atoms with Crippen molar-refractivity contribution in [2.75, 3.05) is 6.61 Å². The first-order valence-electron chi connectivity index (χ1n) is 6.27. The number of hydrogen-bond donors (Lipinski definition) is 1. The molecule has 0 atom stereocenters. The number of rotatable bonds is 3. The molecule has 3 rings (SSSR count). The standard InChI is InChI=1S/C14H11N3O3S/c1-2-20-14(19)12-16-10-8(9-5-3-4-6-15-9)7-21-11(10)13(18)17-12/h3-7H,2H2,1H3,(H,16,17,18). The number of aromatic hydroxyl groups is 1. The van der Waals surface area contributed by atoms with Gasteiger partial charge in [-0.05, 0) is 19.1 Å². The molecule has 7 heteroatoms. The van der Waals surface area contributed by atoms with Gasteiger partial charge in [-0.25, -0.2) is 9.78 Å². The Morgan fingerprint density at radius 1 is 1.38 bits per heavy atom. The molecule has 0 aliphatic carbocycles. The Balaban J connectivity index is 2.18. The summed E-state index contributed by atoms with van der Waals surface area (Å²) in [6.45, 7) is 1.91. The average Bonchev–Trinajstić information content (AvgIpc) is 2.93. The molecule has 0 saturated heterocycles. The molecule has 6 nitrogen and oxygen atoms in total. The Hall–Kier alpha value is -2.54. The lowest BCUT2D eigenvalue weighted by Crippen LogP contribution is -2.09. The van der Waals surface area contributed by atoms with E-state index in [1.165, 1.54) is 11.3 Å². The van der Waals surface area contributed by atoms with Crippen molar-refractivity contribution in [2.24, 2.45) is 0 Å². The number of carbonyl (C=O) groups is 1. The SMILES string of the molecule is CCOC(=O)c1nc(O)c2scc(-c3ccccn3)c2n1. The topological polar surface area (TPSA) is 85.2 Å². The second-order valence-electron chi connectivity index (χ2n) is 4.13. The summed E-state index contributed by atoms with van der Waals surface area (Å²) >= 11 is 1.30. The lowest BCUT2D eigenvalue weighted by Gasteiger charge is -2.03. The summed E-state index contributed by atoms with van der Waals surface area (Å²) in [5.41, 5.74) is 1.96. The summed E-state index contributed by atoms with van der Waals surface area (Å²) in [4.78, 5) is 24.0. The molecule has 0 unspecified atom stereocenters. The Morgan fingerprint density at radius 2 is 2.24 bits per heavy atom. The zero-order chi connectivity index (χ0) is 14.8. The van der Waals surface area contributed by atoms with Crippen LogP contribution in [0.5, 0.6) is 5.88 Å². The zero-order valence-corrected chi connectivity index (χ0v) is 11.9. The van der Waals surface area contributed by atoms with Crippen LogP contribution in [-0.2, 0) is 4.74 Å². The van der Waals surface area contributed by atoms with E-state index in [1.807, 2.05) is 23.6 Å². The molecule has 106 valence electrons. The zero-order valence-electron chi connectivity index (χ0n) is 11.1. The summed E-state index contributed by atoms with van der Waals surface area (Å²) in [5.74, 6) is -1.04. The van der Waals surface area contributed by atoms with Crippen molar-refractivity contribution in [1.82, 2.24) is 15.0 Å². The third kappa shape index (κ3) is 2.43. The van der Waals surface area contributed by atoms with Crippen LogP contribution in [0.15, 0.2) is 29.8 Å². The van der Waals surface area contributed by atoms with Crippen molar-refractivity contribution in [3.63, 3.8) is 0 Å². The Morgan fingerprint density at radius 3 is 2.95 bits per heavy atom. The van der Waals surface area contributed by atoms with Crippen LogP contribution < -0.4 is 0 Å². The molecule has 21 heavy (non-hydrogen) atoms. The van der Waals surface area contributed by atoms with Crippen molar-refractivity contribution < 1.29 is 14.6 Å². The fourth-order valence-electron chi connectivity index (χ4n) is 1.89. The monoisotopic (exact) mass is 301 g/mol. The summed E-state index contributed by atoms with van der Waals surface area (Å²) in [6, 6.07) is 5.51. The lowest BCUT2D eigenvalue weighted by atomic mass is 10.2. The molecule has 0 aliphatic rings. The molecule has 0 fully saturated rings. The molecule has 0 aromatic carbocycles. The van der Waals surface area contributed by atoms with Gasteiger partial charge in [0, 0.05) is 17.1 Å². The van der Waals surface area contributed by atoms with Crippen molar-refractivity contribution in [1.29, 1.82) is 0 Å². The maximum atomic E-state index is 11.7. The Kier molecular flexibility index (Phi) is 3.49. The van der Waals surface area contributed by atoms with Crippen LogP contribution in [0, 0.1) is 0 Å². The van der Waals surface area contributed by atoms with Crippen LogP contribution in [0.1, 0.15) is 17.5 Å². The number of ether oxygens (including phenoxy) is 1. The molecule has 3 aromatic heterocycles. The highest BCUT2D eigenvalue weighted by atomic mass is 32.1. The number of aromatic nitrogens is 3. The largest absolute Gasteiger partial charge is 0.492 e. The van der Waals surface area contributed by atoms with E-state index in [0.717, 1.165) is 11.3 Å².